The molecule has 7 heteroatoms. The molecule has 1 spiro atoms. The van der Waals surface area contributed by atoms with Gasteiger partial charge in [0.15, 0.2) is 0 Å². The predicted octanol–water partition coefficient (Wildman–Crippen LogP) is 1.33. The van der Waals surface area contributed by atoms with E-state index in [4.69, 9.17) is 0 Å². The minimum Gasteiger partial charge on any atom is -0.316 e. The number of likely N-dealkylation sites (tertiary alicyclic amines) is 1. The molecule has 0 radical (unpaired) electrons. The van der Waals surface area contributed by atoms with Gasteiger partial charge in [-0.15, -0.1) is 0 Å². The molecule has 0 aromatic rings. The van der Waals surface area contributed by atoms with Crippen molar-refractivity contribution in [1.82, 2.24) is 14.9 Å². The van der Waals surface area contributed by atoms with Gasteiger partial charge in [-0.3, -0.25) is 9.52 Å². The second-order valence-corrected chi connectivity index (χ2v) is 10.3. The van der Waals surface area contributed by atoms with Crippen LogP contribution in [0.25, 0.3) is 0 Å². The molecular weight excluding hydrogens is 338 g/mol. The fraction of sp³-hybridized carbons (Fsp3) is 0.944. The van der Waals surface area contributed by atoms with Crippen LogP contribution < -0.4 is 10.0 Å². The summed E-state index contributed by atoms with van der Waals surface area (Å²) in [7, 11) is -3.43. The molecule has 1 amide bonds. The van der Waals surface area contributed by atoms with Crippen molar-refractivity contribution in [2.75, 3.05) is 38.5 Å². The van der Waals surface area contributed by atoms with E-state index in [1.807, 2.05) is 0 Å². The van der Waals surface area contributed by atoms with Crippen LogP contribution in [0.4, 0.5) is 0 Å². The maximum Gasteiger partial charge on any atom is 0.236 e. The molecule has 144 valence electrons. The Morgan fingerprint density at radius 3 is 2.40 bits per heavy atom. The third-order valence-corrected chi connectivity index (χ3v) is 7.92. The summed E-state index contributed by atoms with van der Waals surface area (Å²) in [4.78, 5) is 14.8. The highest BCUT2D eigenvalue weighted by atomic mass is 32.2. The second kappa shape index (κ2) is 7.92. The first kappa shape index (κ1) is 19.1. The molecule has 3 fully saturated rings. The van der Waals surface area contributed by atoms with Gasteiger partial charge in [-0.2, -0.15) is 0 Å². The number of amides is 1. The highest BCUT2D eigenvalue weighted by molar-refractivity contribution is 7.90. The average molecular weight is 372 g/mol. The van der Waals surface area contributed by atoms with E-state index in [1.54, 1.807) is 6.92 Å². The van der Waals surface area contributed by atoms with E-state index in [0.29, 0.717) is 5.41 Å². The molecular formula is C18H33N3O3S. The lowest BCUT2D eigenvalue weighted by Crippen LogP contribution is -2.45. The number of nitrogens with zero attached hydrogens (tertiary/aromatic N) is 1. The van der Waals surface area contributed by atoms with Crippen molar-refractivity contribution in [3.63, 3.8) is 0 Å². The number of sulfonamides is 1. The van der Waals surface area contributed by atoms with Crippen molar-refractivity contribution in [1.29, 1.82) is 0 Å². The lowest BCUT2D eigenvalue weighted by molar-refractivity contribution is -0.125. The molecule has 0 unspecified atom stereocenters. The van der Waals surface area contributed by atoms with E-state index in [1.165, 1.54) is 52.0 Å². The molecule has 1 aliphatic carbocycles. The zero-order chi connectivity index (χ0) is 17.9. The van der Waals surface area contributed by atoms with E-state index in [0.717, 1.165) is 31.6 Å². The normalized spacial score (nSPS) is 28.3. The van der Waals surface area contributed by atoms with Gasteiger partial charge in [-0.25, -0.2) is 8.42 Å². The van der Waals surface area contributed by atoms with Crippen LogP contribution in [0.5, 0.6) is 0 Å². The Kier molecular flexibility index (Phi) is 6.06. The maximum absolute atomic E-state index is 12.2. The molecule has 1 atom stereocenters. The van der Waals surface area contributed by atoms with E-state index < -0.39 is 10.0 Å². The van der Waals surface area contributed by atoms with Gasteiger partial charge in [0, 0.05) is 12.5 Å². The molecule has 3 aliphatic rings. The molecule has 2 saturated heterocycles. The van der Waals surface area contributed by atoms with Gasteiger partial charge in [0.1, 0.15) is 0 Å². The Bertz CT molecular complexity index is 554. The minimum absolute atomic E-state index is 0.0399. The van der Waals surface area contributed by atoms with Crippen LogP contribution in [0.1, 0.15) is 51.9 Å². The van der Waals surface area contributed by atoms with Crippen LogP contribution in [-0.4, -0.2) is 57.7 Å². The third kappa shape index (κ3) is 4.95. The molecule has 0 aromatic heterocycles. The molecule has 1 saturated carbocycles. The van der Waals surface area contributed by atoms with E-state index >= 15 is 0 Å². The van der Waals surface area contributed by atoms with Crippen LogP contribution in [0.15, 0.2) is 0 Å². The first-order chi connectivity index (χ1) is 11.9. The summed E-state index contributed by atoms with van der Waals surface area (Å²) in [6.07, 6.45) is 7.56. The quantitative estimate of drug-likeness (QED) is 0.762. The smallest absolute Gasteiger partial charge is 0.236 e. The van der Waals surface area contributed by atoms with Gasteiger partial charge >= 0.3 is 0 Å². The van der Waals surface area contributed by atoms with E-state index in [2.05, 4.69) is 14.9 Å². The number of hydrogen-bond acceptors (Lipinski definition) is 5. The molecule has 6 nitrogen and oxygen atoms in total. The SMILES string of the molecule is CCS(=O)(=O)NC(=O)C1CCC2(CC1)CCN(C[C@@H]1CCNC1)CC2. The molecule has 3 rings (SSSR count). The average Bonchev–Trinajstić information content (AvgIpc) is 3.10. The zero-order valence-corrected chi connectivity index (χ0v) is 16.2. The molecule has 2 N–H and O–H groups in total. The van der Waals surface area contributed by atoms with Crippen molar-refractivity contribution in [2.24, 2.45) is 17.3 Å². The minimum atomic E-state index is -3.43. The van der Waals surface area contributed by atoms with Crippen molar-refractivity contribution < 1.29 is 13.2 Å². The van der Waals surface area contributed by atoms with Gasteiger partial charge in [0.2, 0.25) is 15.9 Å². The Morgan fingerprint density at radius 1 is 1.16 bits per heavy atom. The summed E-state index contributed by atoms with van der Waals surface area (Å²) >= 11 is 0. The molecule has 2 heterocycles. The zero-order valence-electron chi connectivity index (χ0n) is 15.4. The summed E-state index contributed by atoms with van der Waals surface area (Å²) in [5.41, 5.74) is 0.394. The van der Waals surface area contributed by atoms with E-state index in [-0.39, 0.29) is 17.6 Å². The second-order valence-electron chi connectivity index (χ2n) is 8.30. The standard InChI is InChI=1S/C18H33N3O3S/c1-2-25(23,24)20-17(22)16-3-6-18(7-4-16)8-11-21(12-9-18)14-15-5-10-19-13-15/h15-16,19H,2-14H2,1H3,(H,20,22)/t15-/m1/s1. The Labute approximate surface area is 152 Å². The first-order valence-corrected chi connectivity index (χ1v) is 11.5. The van der Waals surface area contributed by atoms with Gasteiger partial charge < -0.3 is 10.2 Å². The van der Waals surface area contributed by atoms with Crippen LogP contribution in [0.3, 0.4) is 0 Å². The van der Waals surface area contributed by atoms with Gasteiger partial charge in [0.05, 0.1) is 5.75 Å². The van der Waals surface area contributed by atoms with Crippen molar-refractivity contribution in [3.8, 4) is 0 Å². The lowest BCUT2D eigenvalue weighted by atomic mass is 9.65. The van der Waals surface area contributed by atoms with Crippen LogP contribution in [0.2, 0.25) is 0 Å². The predicted molar refractivity (Wildman–Crippen MR) is 98.6 cm³/mol. The monoisotopic (exact) mass is 371 g/mol. The highest BCUT2D eigenvalue weighted by Gasteiger charge is 2.40. The highest BCUT2D eigenvalue weighted by Crippen LogP contribution is 2.46. The fourth-order valence-electron chi connectivity index (χ4n) is 4.75. The van der Waals surface area contributed by atoms with Crippen molar-refractivity contribution in [2.45, 2.75) is 51.9 Å². The maximum atomic E-state index is 12.2. The number of rotatable bonds is 5. The molecule has 25 heavy (non-hydrogen) atoms. The number of carbonyl (C=O) groups is 1. The Hall–Kier alpha value is -0.660. The Morgan fingerprint density at radius 2 is 1.84 bits per heavy atom. The first-order valence-electron chi connectivity index (χ1n) is 9.89. The van der Waals surface area contributed by atoms with E-state index in [9.17, 15) is 13.2 Å². The third-order valence-electron chi connectivity index (χ3n) is 6.65. The summed E-state index contributed by atoms with van der Waals surface area (Å²) < 4.78 is 25.4. The van der Waals surface area contributed by atoms with Crippen LogP contribution in [-0.2, 0) is 14.8 Å². The Balaban J connectivity index is 1.43. The summed E-state index contributed by atoms with van der Waals surface area (Å²) in [5.74, 6) is 0.355. The lowest BCUT2D eigenvalue weighted by Gasteiger charge is -2.46. The summed E-state index contributed by atoms with van der Waals surface area (Å²) in [6, 6.07) is 0. The number of carbonyl (C=O) groups excluding carboxylic acids is 1. The summed E-state index contributed by atoms with van der Waals surface area (Å²) in [5, 5.41) is 3.45. The summed E-state index contributed by atoms with van der Waals surface area (Å²) in [6.45, 7) is 7.47. The number of piperidine rings is 1. The topological polar surface area (TPSA) is 78.5 Å². The van der Waals surface area contributed by atoms with Gasteiger partial charge in [0.25, 0.3) is 0 Å². The van der Waals surface area contributed by atoms with Crippen molar-refractivity contribution in [3.05, 3.63) is 0 Å². The molecule has 2 aliphatic heterocycles. The van der Waals surface area contributed by atoms with Crippen LogP contribution >= 0.6 is 0 Å². The largest absolute Gasteiger partial charge is 0.316 e. The van der Waals surface area contributed by atoms with Crippen LogP contribution in [0, 0.1) is 17.3 Å². The fourth-order valence-corrected chi connectivity index (χ4v) is 5.36. The number of nitrogens with one attached hydrogen (secondary N) is 2. The number of hydrogen-bond donors (Lipinski definition) is 2. The van der Waals surface area contributed by atoms with Gasteiger partial charge in [-0.1, -0.05) is 0 Å². The van der Waals surface area contributed by atoms with Crippen molar-refractivity contribution >= 4 is 15.9 Å². The van der Waals surface area contributed by atoms with Gasteiger partial charge in [-0.05, 0) is 89.4 Å². The molecule has 0 aromatic carbocycles. The molecule has 0 bridgehead atoms.